The number of alkyl halides is 1. The molecule has 0 aliphatic heterocycles. The second-order valence-corrected chi connectivity index (χ2v) is 13.4. The van der Waals surface area contributed by atoms with E-state index in [0.29, 0.717) is 11.8 Å². The Morgan fingerprint density at radius 3 is 1.40 bits per heavy atom. The van der Waals surface area contributed by atoms with Gasteiger partial charge in [-0.05, 0) is 119 Å². The molecule has 0 saturated heterocycles. The third kappa shape index (κ3) is 9.08. The number of rotatable bonds is 9. The number of hydrogen-bond donors (Lipinski definition) is 0. The number of hydrogen-bond acceptors (Lipinski definition) is 0. The summed E-state index contributed by atoms with van der Waals surface area (Å²) in [5, 5.41) is 0. The van der Waals surface area contributed by atoms with Crippen LogP contribution in [0.2, 0.25) is 0 Å². The van der Waals surface area contributed by atoms with Gasteiger partial charge >= 0.3 is 0 Å². The van der Waals surface area contributed by atoms with Gasteiger partial charge < -0.3 is 0 Å². The Labute approximate surface area is 218 Å². The first-order valence-corrected chi connectivity index (χ1v) is 16.4. The molecule has 35 heavy (non-hydrogen) atoms. The maximum Gasteiger partial charge on any atom is 0.100 e. The van der Waals surface area contributed by atoms with E-state index in [1.807, 2.05) is 0 Å². The highest BCUT2D eigenvalue weighted by molar-refractivity contribution is 5.09. The van der Waals surface area contributed by atoms with Crippen molar-refractivity contribution < 1.29 is 4.39 Å². The van der Waals surface area contributed by atoms with Crippen LogP contribution in [0.3, 0.4) is 0 Å². The van der Waals surface area contributed by atoms with Crippen LogP contribution in [-0.2, 0) is 0 Å². The molecule has 200 valence electrons. The SMILES string of the molecule is CCCCCCCCC1CCC(C2CCC(C3CCC(C#CC4CCC(F)CC4)CC3)CC2)CC1. The molecule has 4 aliphatic rings. The van der Waals surface area contributed by atoms with Crippen molar-refractivity contribution in [2.24, 2.45) is 41.4 Å². The van der Waals surface area contributed by atoms with Gasteiger partial charge in [0, 0.05) is 11.8 Å². The molecule has 0 heterocycles. The Hall–Kier alpha value is -0.510. The Bertz CT molecular complexity index is 611. The molecule has 0 radical (unpaired) electrons. The van der Waals surface area contributed by atoms with Crippen LogP contribution in [0.5, 0.6) is 0 Å². The molecule has 0 aromatic carbocycles. The van der Waals surface area contributed by atoms with E-state index in [9.17, 15) is 4.39 Å². The molecule has 0 aromatic rings. The minimum atomic E-state index is -0.552. The zero-order chi connectivity index (χ0) is 24.3. The van der Waals surface area contributed by atoms with Gasteiger partial charge in [0.1, 0.15) is 6.17 Å². The summed E-state index contributed by atoms with van der Waals surface area (Å²) in [5.74, 6) is 13.5. The molecule has 0 N–H and O–H groups in total. The topological polar surface area (TPSA) is 0 Å². The molecule has 0 amide bonds. The molecule has 4 rings (SSSR count). The fraction of sp³-hybridized carbons (Fsp3) is 0.941. The second kappa shape index (κ2) is 15.0. The summed E-state index contributed by atoms with van der Waals surface area (Å²) in [7, 11) is 0. The third-order valence-corrected chi connectivity index (χ3v) is 10.9. The predicted molar refractivity (Wildman–Crippen MR) is 149 cm³/mol. The van der Waals surface area contributed by atoms with Gasteiger partial charge in [0.25, 0.3) is 0 Å². The Balaban J connectivity index is 1.07. The zero-order valence-corrected chi connectivity index (χ0v) is 23.3. The summed E-state index contributed by atoms with van der Waals surface area (Å²) in [6.45, 7) is 2.32. The van der Waals surface area contributed by atoms with Crippen molar-refractivity contribution in [2.45, 2.75) is 161 Å². The van der Waals surface area contributed by atoms with E-state index in [0.717, 1.165) is 55.3 Å². The highest BCUT2D eigenvalue weighted by Crippen LogP contribution is 2.46. The van der Waals surface area contributed by atoms with Gasteiger partial charge in [0.15, 0.2) is 0 Å². The molecule has 0 unspecified atom stereocenters. The van der Waals surface area contributed by atoms with Crippen molar-refractivity contribution in [1.29, 1.82) is 0 Å². The molecule has 0 atom stereocenters. The molecule has 0 nitrogen and oxygen atoms in total. The molecule has 0 spiro atoms. The van der Waals surface area contributed by atoms with Crippen molar-refractivity contribution in [3.63, 3.8) is 0 Å². The van der Waals surface area contributed by atoms with Crippen LogP contribution in [0.4, 0.5) is 4.39 Å². The molecule has 0 bridgehead atoms. The predicted octanol–water partition coefficient (Wildman–Crippen LogP) is 10.7. The van der Waals surface area contributed by atoms with Gasteiger partial charge in [-0.3, -0.25) is 0 Å². The highest BCUT2D eigenvalue weighted by atomic mass is 19.1. The third-order valence-electron chi connectivity index (χ3n) is 10.9. The van der Waals surface area contributed by atoms with Gasteiger partial charge in [0.05, 0.1) is 0 Å². The van der Waals surface area contributed by atoms with Crippen LogP contribution < -0.4 is 0 Å². The van der Waals surface area contributed by atoms with Crippen LogP contribution in [0.15, 0.2) is 0 Å². The molecule has 0 aromatic heterocycles. The average Bonchev–Trinajstić information content (AvgIpc) is 2.91. The largest absolute Gasteiger partial charge is 0.247 e. The van der Waals surface area contributed by atoms with E-state index in [1.54, 1.807) is 25.7 Å². The standard InChI is InChI=1S/C34H57F/c1-2-3-4-5-6-7-8-27-11-17-30(18-12-27)32-21-23-33(24-22-32)31-19-13-28(14-20-31)9-10-29-15-25-34(35)26-16-29/h27-34H,2-8,11-26H2,1H3. The molecular weight excluding hydrogens is 427 g/mol. The normalized spacial score (nSPS) is 38.5. The monoisotopic (exact) mass is 484 g/mol. The van der Waals surface area contributed by atoms with Gasteiger partial charge in [-0.25, -0.2) is 4.39 Å². The summed E-state index contributed by atoms with van der Waals surface area (Å²) in [6.07, 6.45) is 31.0. The quantitative estimate of drug-likeness (QED) is 0.225. The first kappa shape index (κ1) is 27.5. The van der Waals surface area contributed by atoms with Crippen molar-refractivity contribution in [1.82, 2.24) is 0 Å². The minimum Gasteiger partial charge on any atom is -0.247 e. The maximum absolute atomic E-state index is 13.4. The Morgan fingerprint density at radius 2 is 0.886 bits per heavy atom. The molecule has 4 fully saturated rings. The summed E-state index contributed by atoms with van der Waals surface area (Å²) < 4.78 is 13.4. The fourth-order valence-electron chi connectivity index (χ4n) is 8.42. The van der Waals surface area contributed by atoms with E-state index < -0.39 is 6.17 Å². The van der Waals surface area contributed by atoms with Gasteiger partial charge in [-0.2, -0.15) is 0 Å². The summed E-state index contributed by atoms with van der Waals surface area (Å²) in [4.78, 5) is 0. The second-order valence-electron chi connectivity index (χ2n) is 13.4. The van der Waals surface area contributed by atoms with E-state index in [-0.39, 0.29) is 0 Å². The van der Waals surface area contributed by atoms with Gasteiger partial charge in [-0.1, -0.05) is 76.6 Å². The van der Waals surface area contributed by atoms with Crippen molar-refractivity contribution >= 4 is 0 Å². The molecular formula is C34H57F. The van der Waals surface area contributed by atoms with Gasteiger partial charge in [0.2, 0.25) is 0 Å². The lowest BCUT2D eigenvalue weighted by Gasteiger charge is -2.41. The lowest BCUT2D eigenvalue weighted by Crippen LogP contribution is -2.29. The van der Waals surface area contributed by atoms with Crippen LogP contribution in [0, 0.1) is 53.3 Å². The minimum absolute atomic E-state index is 0.487. The Kier molecular flexibility index (Phi) is 11.8. The number of unbranched alkanes of at least 4 members (excludes halogenated alkanes) is 5. The van der Waals surface area contributed by atoms with Crippen molar-refractivity contribution in [2.75, 3.05) is 0 Å². The number of halogens is 1. The first-order chi connectivity index (χ1) is 17.2. The average molecular weight is 485 g/mol. The summed E-state index contributed by atoms with van der Waals surface area (Å²) in [5.41, 5.74) is 0. The molecule has 4 aliphatic carbocycles. The molecule has 4 saturated carbocycles. The van der Waals surface area contributed by atoms with Crippen LogP contribution >= 0.6 is 0 Å². The summed E-state index contributed by atoms with van der Waals surface area (Å²) in [6, 6.07) is 0. The van der Waals surface area contributed by atoms with E-state index in [2.05, 4.69) is 18.8 Å². The Morgan fingerprint density at radius 1 is 0.486 bits per heavy atom. The summed E-state index contributed by atoms with van der Waals surface area (Å²) >= 11 is 0. The fourth-order valence-corrected chi connectivity index (χ4v) is 8.42. The molecule has 1 heteroatoms. The lowest BCUT2D eigenvalue weighted by atomic mass is 9.65. The van der Waals surface area contributed by atoms with Crippen LogP contribution in [-0.4, -0.2) is 6.17 Å². The lowest BCUT2D eigenvalue weighted by molar-refractivity contribution is 0.107. The maximum atomic E-state index is 13.4. The van der Waals surface area contributed by atoms with Crippen molar-refractivity contribution in [3.05, 3.63) is 0 Å². The smallest absolute Gasteiger partial charge is 0.100 e. The first-order valence-electron chi connectivity index (χ1n) is 16.4. The van der Waals surface area contributed by atoms with E-state index in [1.165, 1.54) is 96.3 Å². The van der Waals surface area contributed by atoms with Crippen LogP contribution in [0.25, 0.3) is 0 Å². The van der Waals surface area contributed by atoms with Gasteiger partial charge in [-0.15, -0.1) is 0 Å². The zero-order valence-electron chi connectivity index (χ0n) is 23.3. The van der Waals surface area contributed by atoms with E-state index >= 15 is 0 Å². The van der Waals surface area contributed by atoms with Crippen LogP contribution in [0.1, 0.15) is 155 Å². The highest BCUT2D eigenvalue weighted by Gasteiger charge is 2.34. The van der Waals surface area contributed by atoms with Crippen molar-refractivity contribution in [3.8, 4) is 11.8 Å². The van der Waals surface area contributed by atoms with E-state index in [4.69, 9.17) is 0 Å².